The Bertz CT molecular complexity index is 847. The van der Waals surface area contributed by atoms with E-state index in [2.05, 4.69) is 52.5 Å². The van der Waals surface area contributed by atoms with Crippen LogP contribution >= 0.6 is 0 Å². The molecule has 9 unspecified atom stereocenters. The fraction of sp³-hybridized carbons (Fsp3) is 0.946. The molecule has 0 radical (unpaired) electrons. The van der Waals surface area contributed by atoms with Crippen LogP contribution in [0.5, 0.6) is 0 Å². The van der Waals surface area contributed by atoms with Crippen LogP contribution in [0.4, 0.5) is 0 Å². The highest BCUT2D eigenvalue weighted by molar-refractivity contribution is 5.26. The Morgan fingerprint density at radius 1 is 0.976 bits per heavy atom. The van der Waals surface area contributed by atoms with Gasteiger partial charge in [-0.2, -0.15) is 0 Å². The van der Waals surface area contributed by atoms with Crippen molar-refractivity contribution >= 4 is 0 Å². The molecule has 0 bridgehead atoms. The molecule has 5 nitrogen and oxygen atoms in total. The van der Waals surface area contributed by atoms with Crippen LogP contribution in [0.2, 0.25) is 0 Å². The lowest BCUT2D eigenvalue weighted by molar-refractivity contribution is -0.0566. The van der Waals surface area contributed by atoms with Gasteiger partial charge in [0.25, 0.3) is 0 Å². The minimum absolute atomic E-state index is 0.316. The molecular weight excluding hydrogens is 520 g/mol. The van der Waals surface area contributed by atoms with E-state index in [1.807, 2.05) is 0 Å². The highest BCUT2D eigenvalue weighted by atomic mass is 16.5. The normalized spacial score (nSPS) is 36.0. The summed E-state index contributed by atoms with van der Waals surface area (Å²) in [4.78, 5) is 2.48. The molecule has 9 atom stereocenters. The van der Waals surface area contributed by atoms with Gasteiger partial charge in [-0.1, -0.05) is 72.5 Å². The minimum atomic E-state index is -0.477. The molecule has 0 aromatic heterocycles. The van der Waals surface area contributed by atoms with Crippen molar-refractivity contribution in [1.29, 1.82) is 0 Å². The lowest BCUT2D eigenvalue weighted by Crippen LogP contribution is -2.53. The lowest BCUT2D eigenvalue weighted by atomic mass is 9.46. The van der Waals surface area contributed by atoms with Crippen molar-refractivity contribution in [3.05, 3.63) is 11.6 Å². The van der Waals surface area contributed by atoms with Gasteiger partial charge in [0.05, 0.1) is 25.9 Å². The Kier molecular flexibility index (Phi) is 12.9. The summed E-state index contributed by atoms with van der Waals surface area (Å²) in [5, 5.41) is 10.5. The van der Waals surface area contributed by atoms with Crippen molar-refractivity contribution in [3.63, 3.8) is 0 Å². The topological polar surface area (TPSA) is 68.0 Å². The summed E-state index contributed by atoms with van der Waals surface area (Å²) >= 11 is 0. The molecule has 3 saturated carbocycles. The number of ether oxygens (including phenoxy) is 2. The molecule has 0 saturated heterocycles. The number of aliphatic hydroxyl groups excluding tert-OH is 1. The number of allylic oxidation sites excluding steroid dienone is 1. The van der Waals surface area contributed by atoms with Gasteiger partial charge in [0, 0.05) is 32.3 Å². The van der Waals surface area contributed by atoms with Crippen molar-refractivity contribution in [2.45, 2.75) is 131 Å². The Morgan fingerprint density at radius 3 is 2.45 bits per heavy atom. The van der Waals surface area contributed by atoms with E-state index in [0.717, 1.165) is 61.5 Å². The predicted octanol–water partition coefficient (Wildman–Crippen LogP) is 7.46. The van der Waals surface area contributed by atoms with E-state index in [1.165, 1.54) is 64.2 Å². The molecule has 0 aromatic rings. The fourth-order valence-corrected chi connectivity index (χ4v) is 10.4. The first-order valence-corrected chi connectivity index (χ1v) is 18.1. The molecule has 0 aromatic carbocycles. The minimum Gasteiger partial charge on any atom is -0.390 e. The zero-order valence-electron chi connectivity index (χ0n) is 28.4. The molecule has 5 heteroatoms. The van der Waals surface area contributed by atoms with Crippen molar-refractivity contribution in [2.75, 3.05) is 46.1 Å². The lowest BCUT2D eigenvalue weighted by Gasteiger charge is -2.59. The number of hydrogen-bond acceptors (Lipinski definition) is 5. The number of nitrogens with zero attached hydrogens (tertiary/aromatic N) is 1. The van der Waals surface area contributed by atoms with E-state index in [4.69, 9.17) is 15.2 Å². The van der Waals surface area contributed by atoms with Crippen LogP contribution in [0.15, 0.2) is 11.6 Å². The average molecular weight is 589 g/mol. The summed E-state index contributed by atoms with van der Waals surface area (Å²) in [5.74, 6) is 5.27. The van der Waals surface area contributed by atoms with Gasteiger partial charge in [-0.3, -0.25) is 4.90 Å². The monoisotopic (exact) mass is 589 g/mol. The van der Waals surface area contributed by atoms with Gasteiger partial charge in [-0.05, 0) is 104 Å². The van der Waals surface area contributed by atoms with Gasteiger partial charge >= 0.3 is 0 Å². The molecule has 4 rings (SSSR count). The standard InChI is InChI=1S/C37H68N2O3/c1-7-20-41-22-23-42-21-19-39(26-31(40)25-38)30-15-17-36(5)29(24-30)11-12-32-34-14-13-33(28(4)10-8-9-27(2)3)37(34,6)18-16-35(32)36/h11,27-28,30-35,40H,7-10,12-26,38H2,1-6H3. The van der Waals surface area contributed by atoms with E-state index < -0.39 is 6.10 Å². The summed E-state index contributed by atoms with van der Waals surface area (Å²) in [6.45, 7) is 19.4. The van der Waals surface area contributed by atoms with E-state index >= 15 is 0 Å². The second-order valence-electron chi connectivity index (χ2n) is 15.8. The summed E-state index contributed by atoms with van der Waals surface area (Å²) in [6.07, 6.45) is 18.2. The Labute approximate surface area is 259 Å². The van der Waals surface area contributed by atoms with E-state index in [-0.39, 0.29) is 0 Å². The van der Waals surface area contributed by atoms with Crippen LogP contribution in [0, 0.1) is 46.3 Å². The molecule has 0 aliphatic heterocycles. The van der Waals surface area contributed by atoms with Crippen LogP contribution in [0.1, 0.15) is 119 Å². The first-order valence-electron chi connectivity index (χ1n) is 18.1. The van der Waals surface area contributed by atoms with Crippen LogP contribution in [0.3, 0.4) is 0 Å². The molecule has 0 heterocycles. The van der Waals surface area contributed by atoms with Crippen LogP contribution < -0.4 is 5.73 Å². The number of rotatable bonds is 17. The maximum Gasteiger partial charge on any atom is 0.0789 e. The summed E-state index contributed by atoms with van der Waals surface area (Å²) in [5.41, 5.74) is 8.48. The van der Waals surface area contributed by atoms with Gasteiger partial charge in [0.2, 0.25) is 0 Å². The zero-order chi connectivity index (χ0) is 30.3. The van der Waals surface area contributed by atoms with Crippen molar-refractivity contribution in [1.82, 2.24) is 4.90 Å². The largest absolute Gasteiger partial charge is 0.390 e. The Morgan fingerprint density at radius 2 is 1.74 bits per heavy atom. The number of nitrogens with two attached hydrogens (primary N) is 1. The van der Waals surface area contributed by atoms with Crippen LogP contribution in [-0.4, -0.2) is 68.2 Å². The summed E-state index contributed by atoms with van der Waals surface area (Å²) in [6, 6.07) is 0.471. The molecule has 0 amide bonds. The molecule has 42 heavy (non-hydrogen) atoms. The van der Waals surface area contributed by atoms with Gasteiger partial charge in [-0.25, -0.2) is 0 Å². The third kappa shape index (κ3) is 7.84. The maximum atomic E-state index is 10.5. The number of hydrogen-bond donors (Lipinski definition) is 2. The SMILES string of the molecule is CCCOCCOCCN(CC(O)CN)C1CCC2(C)C(=CCC3C2CCC2(C)C(C(C)CCCC(C)C)CCC32)C1. The first kappa shape index (κ1) is 34.4. The second kappa shape index (κ2) is 15.7. The Hall–Kier alpha value is -0.460. The smallest absolute Gasteiger partial charge is 0.0789 e. The highest BCUT2D eigenvalue weighted by Crippen LogP contribution is 2.67. The van der Waals surface area contributed by atoms with Gasteiger partial charge in [-0.15, -0.1) is 0 Å². The molecule has 4 aliphatic rings. The zero-order valence-corrected chi connectivity index (χ0v) is 28.4. The molecule has 3 N–H and O–H groups in total. The van der Waals surface area contributed by atoms with E-state index in [1.54, 1.807) is 5.57 Å². The maximum absolute atomic E-state index is 10.5. The molecule has 4 aliphatic carbocycles. The van der Waals surface area contributed by atoms with Gasteiger partial charge < -0.3 is 20.3 Å². The molecule has 3 fully saturated rings. The highest BCUT2D eigenvalue weighted by Gasteiger charge is 2.59. The van der Waals surface area contributed by atoms with Gasteiger partial charge in [0.1, 0.15) is 0 Å². The number of fused-ring (bicyclic) bond motifs is 5. The van der Waals surface area contributed by atoms with Crippen LogP contribution in [-0.2, 0) is 9.47 Å². The fourth-order valence-electron chi connectivity index (χ4n) is 10.4. The van der Waals surface area contributed by atoms with Gasteiger partial charge in [0.15, 0.2) is 0 Å². The van der Waals surface area contributed by atoms with E-state index in [9.17, 15) is 5.11 Å². The van der Waals surface area contributed by atoms with E-state index in [0.29, 0.717) is 49.8 Å². The third-order valence-electron chi connectivity index (χ3n) is 12.8. The van der Waals surface area contributed by atoms with Crippen molar-refractivity contribution in [2.24, 2.45) is 52.1 Å². The molecular formula is C37H68N2O3. The Balaban J connectivity index is 1.38. The van der Waals surface area contributed by atoms with Crippen molar-refractivity contribution < 1.29 is 14.6 Å². The summed E-state index contributed by atoms with van der Waals surface area (Å²) in [7, 11) is 0. The quantitative estimate of drug-likeness (QED) is 0.136. The predicted molar refractivity (Wildman–Crippen MR) is 175 cm³/mol. The molecule has 244 valence electrons. The average Bonchev–Trinajstić information content (AvgIpc) is 3.32. The van der Waals surface area contributed by atoms with Crippen molar-refractivity contribution in [3.8, 4) is 0 Å². The van der Waals surface area contributed by atoms with Crippen LogP contribution in [0.25, 0.3) is 0 Å². The first-order chi connectivity index (χ1) is 20.1. The third-order valence-corrected chi connectivity index (χ3v) is 12.8. The summed E-state index contributed by atoms with van der Waals surface area (Å²) < 4.78 is 11.5. The second-order valence-corrected chi connectivity index (χ2v) is 15.8. The number of aliphatic hydroxyl groups is 1. The molecule has 0 spiro atoms.